The molecule has 18 heavy (non-hydrogen) atoms. The number of para-hydroxylation sites is 1. The molecule has 2 rings (SSSR count). The van der Waals surface area contributed by atoms with Crippen molar-refractivity contribution in [1.29, 1.82) is 0 Å². The molecule has 0 saturated carbocycles. The first-order chi connectivity index (χ1) is 8.79. The van der Waals surface area contributed by atoms with Crippen LogP contribution in [0.2, 0.25) is 0 Å². The predicted octanol–water partition coefficient (Wildman–Crippen LogP) is 0.897. The van der Waals surface area contributed by atoms with Crippen molar-refractivity contribution in [1.82, 2.24) is 4.90 Å². The van der Waals surface area contributed by atoms with Crippen LogP contribution in [0.4, 0.5) is 0 Å². The predicted molar refractivity (Wildman–Crippen MR) is 71.9 cm³/mol. The number of ether oxygens (including phenoxy) is 2. The fraction of sp³-hybridized carbons (Fsp3) is 0.571. The van der Waals surface area contributed by atoms with E-state index in [0.29, 0.717) is 0 Å². The first-order valence-electron chi connectivity index (χ1n) is 6.47. The maximum atomic E-state index is 6.22. The van der Waals surface area contributed by atoms with Gasteiger partial charge in [0.25, 0.3) is 0 Å². The van der Waals surface area contributed by atoms with Crippen molar-refractivity contribution in [3.63, 3.8) is 0 Å². The second-order valence-corrected chi connectivity index (χ2v) is 4.69. The summed E-state index contributed by atoms with van der Waals surface area (Å²) in [5.74, 6) is 0.926. The third-order valence-electron chi connectivity index (χ3n) is 3.27. The van der Waals surface area contributed by atoms with Gasteiger partial charge >= 0.3 is 0 Å². The fourth-order valence-corrected chi connectivity index (χ4v) is 2.33. The number of rotatable bonds is 5. The molecule has 1 aromatic rings. The van der Waals surface area contributed by atoms with Crippen LogP contribution in [0.1, 0.15) is 5.56 Å². The highest BCUT2D eigenvalue weighted by molar-refractivity contribution is 5.33. The largest absolute Gasteiger partial charge is 0.496 e. The van der Waals surface area contributed by atoms with Crippen molar-refractivity contribution in [2.45, 2.75) is 12.5 Å². The molecule has 4 heteroatoms. The molecule has 0 radical (unpaired) electrons. The second kappa shape index (κ2) is 6.73. The van der Waals surface area contributed by atoms with E-state index in [1.54, 1.807) is 7.11 Å². The minimum absolute atomic E-state index is 0.138. The second-order valence-electron chi connectivity index (χ2n) is 4.69. The van der Waals surface area contributed by atoms with Gasteiger partial charge in [-0.25, -0.2) is 0 Å². The van der Waals surface area contributed by atoms with Crippen LogP contribution in [0.15, 0.2) is 24.3 Å². The molecule has 1 fully saturated rings. The number of nitrogens with two attached hydrogens (primary N) is 1. The molecule has 0 aromatic heterocycles. The molecule has 0 amide bonds. The van der Waals surface area contributed by atoms with Crippen LogP contribution in [0.5, 0.6) is 5.75 Å². The Hall–Kier alpha value is -1.10. The molecular weight excluding hydrogens is 228 g/mol. The minimum atomic E-state index is 0.138. The smallest absolute Gasteiger partial charge is 0.122 e. The van der Waals surface area contributed by atoms with Gasteiger partial charge in [-0.3, -0.25) is 4.90 Å². The zero-order valence-corrected chi connectivity index (χ0v) is 11.0. The van der Waals surface area contributed by atoms with Crippen molar-refractivity contribution < 1.29 is 9.47 Å². The lowest BCUT2D eigenvalue weighted by Crippen LogP contribution is -2.44. The van der Waals surface area contributed by atoms with Crippen LogP contribution < -0.4 is 10.5 Å². The lowest BCUT2D eigenvalue weighted by Gasteiger charge is -2.29. The summed E-state index contributed by atoms with van der Waals surface area (Å²) in [5.41, 5.74) is 7.40. The number of hydrogen-bond acceptors (Lipinski definition) is 4. The van der Waals surface area contributed by atoms with Crippen LogP contribution in [-0.2, 0) is 11.2 Å². The lowest BCUT2D eigenvalue weighted by atomic mass is 10.0. The number of morpholine rings is 1. The zero-order valence-electron chi connectivity index (χ0n) is 11.0. The molecular formula is C14H22N2O2. The van der Waals surface area contributed by atoms with Crippen molar-refractivity contribution in [3.8, 4) is 5.75 Å². The Kier molecular flexibility index (Phi) is 4.99. The average molecular weight is 250 g/mol. The van der Waals surface area contributed by atoms with Crippen LogP contribution in [0, 0.1) is 0 Å². The number of nitrogens with zero attached hydrogens (tertiary/aromatic N) is 1. The summed E-state index contributed by atoms with van der Waals surface area (Å²) in [7, 11) is 1.70. The molecule has 1 aromatic carbocycles. The van der Waals surface area contributed by atoms with E-state index in [9.17, 15) is 0 Å². The van der Waals surface area contributed by atoms with Crippen LogP contribution >= 0.6 is 0 Å². The number of benzene rings is 1. The lowest BCUT2D eigenvalue weighted by molar-refractivity contribution is 0.0353. The summed E-state index contributed by atoms with van der Waals surface area (Å²) in [6.45, 7) is 4.53. The average Bonchev–Trinajstić information content (AvgIpc) is 2.40. The fourth-order valence-electron chi connectivity index (χ4n) is 2.33. The van der Waals surface area contributed by atoms with E-state index in [1.807, 2.05) is 18.2 Å². The van der Waals surface area contributed by atoms with E-state index in [1.165, 1.54) is 5.56 Å². The Labute approximate surface area is 109 Å². The summed E-state index contributed by atoms with van der Waals surface area (Å²) >= 11 is 0. The maximum Gasteiger partial charge on any atom is 0.122 e. The van der Waals surface area contributed by atoms with Gasteiger partial charge in [-0.2, -0.15) is 0 Å². The maximum absolute atomic E-state index is 6.22. The monoisotopic (exact) mass is 250 g/mol. The Bertz CT molecular complexity index is 365. The van der Waals surface area contributed by atoms with Gasteiger partial charge in [0.1, 0.15) is 5.75 Å². The van der Waals surface area contributed by atoms with Crippen molar-refractivity contribution in [2.75, 3.05) is 40.0 Å². The first kappa shape index (κ1) is 13.3. The van der Waals surface area contributed by atoms with Crippen LogP contribution in [0.3, 0.4) is 0 Å². The van der Waals surface area contributed by atoms with Gasteiger partial charge in [0.2, 0.25) is 0 Å². The third kappa shape index (κ3) is 3.70. The SMILES string of the molecule is COc1ccccc1CC(N)CN1CCOCC1. The molecule has 1 heterocycles. The quantitative estimate of drug-likeness (QED) is 0.843. The molecule has 1 atom stereocenters. The van der Waals surface area contributed by atoms with Crippen molar-refractivity contribution in [3.05, 3.63) is 29.8 Å². The highest BCUT2D eigenvalue weighted by Crippen LogP contribution is 2.18. The van der Waals surface area contributed by atoms with Gasteiger partial charge in [-0.15, -0.1) is 0 Å². The van der Waals surface area contributed by atoms with Crippen molar-refractivity contribution >= 4 is 0 Å². The van der Waals surface area contributed by atoms with Gasteiger partial charge in [-0.1, -0.05) is 18.2 Å². The summed E-state index contributed by atoms with van der Waals surface area (Å²) in [6.07, 6.45) is 0.849. The topological polar surface area (TPSA) is 47.7 Å². The van der Waals surface area contributed by atoms with E-state index in [0.717, 1.165) is 45.0 Å². The molecule has 0 aliphatic carbocycles. The molecule has 0 spiro atoms. The summed E-state index contributed by atoms with van der Waals surface area (Å²) < 4.78 is 10.7. The Morgan fingerprint density at radius 3 is 2.78 bits per heavy atom. The molecule has 4 nitrogen and oxygen atoms in total. The standard InChI is InChI=1S/C14H22N2O2/c1-17-14-5-3-2-4-12(14)10-13(15)11-16-6-8-18-9-7-16/h2-5,13H,6-11,15H2,1H3. The zero-order chi connectivity index (χ0) is 12.8. The molecule has 1 saturated heterocycles. The summed E-state index contributed by atoms with van der Waals surface area (Å²) in [5, 5.41) is 0. The van der Waals surface area contributed by atoms with E-state index in [-0.39, 0.29) is 6.04 Å². The minimum Gasteiger partial charge on any atom is -0.496 e. The van der Waals surface area contributed by atoms with E-state index < -0.39 is 0 Å². The molecule has 0 bridgehead atoms. The summed E-state index contributed by atoms with van der Waals surface area (Å²) in [4.78, 5) is 2.36. The number of methoxy groups -OCH3 is 1. The third-order valence-corrected chi connectivity index (χ3v) is 3.27. The molecule has 1 aliphatic heterocycles. The normalized spacial score (nSPS) is 18.6. The Morgan fingerprint density at radius 2 is 2.06 bits per heavy atom. The van der Waals surface area contributed by atoms with Crippen molar-refractivity contribution in [2.24, 2.45) is 5.73 Å². The van der Waals surface area contributed by atoms with E-state index >= 15 is 0 Å². The van der Waals surface area contributed by atoms with Crippen LogP contribution in [-0.4, -0.2) is 50.9 Å². The highest BCUT2D eigenvalue weighted by Gasteiger charge is 2.15. The Balaban J connectivity index is 1.87. The van der Waals surface area contributed by atoms with E-state index in [2.05, 4.69) is 11.0 Å². The number of hydrogen-bond donors (Lipinski definition) is 1. The molecule has 1 unspecified atom stereocenters. The summed E-state index contributed by atoms with van der Waals surface area (Å²) in [6, 6.07) is 8.21. The van der Waals surface area contributed by atoms with Gasteiger partial charge in [0, 0.05) is 25.7 Å². The molecule has 2 N–H and O–H groups in total. The van der Waals surface area contributed by atoms with Gasteiger partial charge < -0.3 is 15.2 Å². The van der Waals surface area contributed by atoms with Gasteiger partial charge in [0.05, 0.1) is 20.3 Å². The Morgan fingerprint density at radius 1 is 1.33 bits per heavy atom. The van der Waals surface area contributed by atoms with Gasteiger partial charge in [0.15, 0.2) is 0 Å². The van der Waals surface area contributed by atoms with Gasteiger partial charge in [-0.05, 0) is 18.1 Å². The van der Waals surface area contributed by atoms with E-state index in [4.69, 9.17) is 15.2 Å². The molecule has 100 valence electrons. The first-order valence-corrected chi connectivity index (χ1v) is 6.47. The highest BCUT2D eigenvalue weighted by atomic mass is 16.5. The molecule has 1 aliphatic rings. The van der Waals surface area contributed by atoms with Crippen LogP contribution in [0.25, 0.3) is 0 Å².